The van der Waals surface area contributed by atoms with E-state index in [1.807, 2.05) is 24.3 Å². The van der Waals surface area contributed by atoms with Gasteiger partial charge in [-0.2, -0.15) is 0 Å². The molecular weight excluding hydrogens is 328 g/mol. The summed E-state index contributed by atoms with van der Waals surface area (Å²) in [5.74, 6) is -0.384. The van der Waals surface area contributed by atoms with Crippen LogP contribution in [-0.2, 0) is 17.6 Å². The van der Waals surface area contributed by atoms with Gasteiger partial charge in [0.15, 0.2) is 0 Å². The molecule has 0 bridgehead atoms. The van der Waals surface area contributed by atoms with Crippen LogP contribution in [0.2, 0.25) is 0 Å². The van der Waals surface area contributed by atoms with Crippen molar-refractivity contribution in [2.75, 3.05) is 6.54 Å². The Morgan fingerprint density at radius 2 is 1.92 bits per heavy atom. The maximum absolute atomic E-state index is 11.8. The van der Waals surface area contributed by atoms with Gasteiger partial charge in [0.05, 0.1) is 17.1 Å². The van der Waals surface area contributed by atoms with Gasteiger partial charge in [0.1, 0.15) is 6.26 Å². The summed E-state index contributed by atoms with van der Waals surface area (Å²) in [6.07, 6.45) is 4.11. The summed E-state index contributed by atoms with van der Waals surface area (Å²) in [6.45, 7) is 0.527. The molecule has 1 fully saturated rings. The highest BCUT2D eigenvalue weighted by Crippen LogP contribution is 2.23. The molecule has 3 amide bonds. The lowest BCUT2D eigenvalue weighted by atomic mass is 10.1. The van der Waals surface area contributed by atoms with Crippen molar-refractivity contribution in [3.05, 3.63) is 59.5 Å². The average molecular weight is 344 g/mol. The highest BCUT2D eigenvalue weighted by molar-refractivity contribution is 8.15. The topological polar surface area (TPSA) is 88.4 Å². The van der Waals surface area contributed by atoms with Crippen LogP contribution in [0.15, 0.2) is 47.3 Å². The smallest absolute Gasteiger partial charge is 0.286 e. The van der Waals surface area contributed by atoms with Crippen molar-refractivity contribution >= 4 is 28.8 Å². The summed E-state index contributed by atoms with van der Waals surface area (Å²) in [4.78, 5) is 34.5. The Morgan fingerprint density at radius 3 is 2.54 bits per heavy atom. The molecule has 0 radical (unpaired) electrons. The van der Waals surface area contributed by atoms with Crippen molar-refractivity contribution < 1.29 is 18.8 Å². The number of benzene rings is 1. The maximum atomic E-state index is 11.8. The molecule has 2 heterocycles. The number of imide groups is 1. The standard InChI is InChI=1S/C17H16N2O4S/c20-15(13-6-8-23-10-13)18-7-5-11-1-3-12(4-2-11)9-14-16(21)19-17(22)24-14/h1-4,6,8,10,14H,5,7,9H2,(H,18,20)(H,19,21,22)/t14-/m1/s1. The first-order valence-electron chi connectivity index (χ1n) is 7.51. The molecule has 1 aliphatic heterocycles. The number of carbonyl (C=O) groups is 3. The van der Waals surface area contributed by atoms with Crippen LogP contribution in [0.3, 0.4) is 0 Å². The van der Waals surface area contributed by atoms with Crippen molar-refractivity contribution in [1.29, 1.82) is 0 Å². The van der Waals surface area contributed by atoms with Crippen LogP contribution in [0.25, 0.3) is 0 Å². The highest BCUT2D eigenvalue weighted by Gasteiger charge is 2.31. The van der Waals surface area contributed by atoms with Gasteiger partial charge in [-0.25, -0.2) is 0 Å². The van der Waals surface area contributed by atoms with E-state index in [4.69, 9.17) is 4.42 Å². The van der Waals surface area contributed by atoms with Gasteiger partial charge >= 0.3 is 0 Å². The van der Waals surface area contributed by atoms with Gasteiger partial charge in [-0.15, -0.1) is 0 Å². The summed E-state index contributed by atoms with van der Waals surface area (Å²) in [6, 6.07) is 9.46. The predicted octanol–water partition coefficient (Wildman–Crippen LogP) is 2.15. The lowest BCUT2D eigenvalue weighted by Crippen LogP contribution is -2.25. The first-order valence-corrected chi connectivity index (χ1v) is 8.39. The van der Waals surface area contributed by atoms with Crippen LogP contribution < -0.4 is 10.6 Å². The molecule has 7 heteroatoms. The number of nitrogens with one attached hydrogen (secondary N) is 2. The largest absolute Gasteiger partial charge is 0.472 e. The van der Waals surface area contributed by atoms with E-state index in [9.17, 15) is 14.4 Å². The monoisotopic (exact) mass is 344 g/mol. The number of carbonyl (C=O) groups excluding carboxylic acids is 3. The molecule has 0 saturated carbocycles. The maximum Gasteiger partial charge on any atom is 0.286 e. The van der Waals surface area contributed by atoms with Gasteiger partial charge in [-0.3, -0.25) is 19.7 Å². The predicted molar refractivity (Wildman–Crippen MR) is 89.8 cm³/mol. The number of thioether (sulfide) groups is 1. The Bertz CT molecular complexity index is 740. The van der Waals surface area contributed by atoms with E-state index in [-0.39, 0.29) is 22.3 Å². The third-order valence-electron chi connectivity index (χ3n) is 3.69. The third-order valence-corrected chi connectivity index (χ3v) is 4.68. The van der Waals surface area contributed by atoms with E-state index >= 15 is 0 Å². The summed E-state index contributed by atoms with van der Waals surface area (Å²) < 4.78 is 4.87. The van der Waals surface area contributed by atoms with Crippen molar-refractivity contribution in [1.82, 2.24) is 10.6 Å². The highest BCUT2D eigenvalue weighted by atomic mass is 32.2. The zero-order chi connectivity index (χ0) is 16.9. The molecule has 2 N–H and O–H groups in total. The summed E-state index contributed by atoms with van der Waals surface area (Å²) in [5.41, 5.74) is 2.60. The summed E-state index contributed by atoms with van der Waals surface area (Å²) in [7, 11) is 0. The van der Waals surface area contributed by atoms with Crippen LogP contribution in [0.1, 0.15) is 21.5 Å². The fourth-order valence-corrected chi connectivity index (χ4v) is 3.26. The lowest BCUT2D eigenvalue weighted by Gasteiger charge is -2.07. The van der Waals surface area contributed by atoms with Crippen LogP contribution in [0.5, 0.6) is 0 Å². The molecule has 1 saturated heterocycles. The molecule has 6 nitrogen and oxygen atoms in total. The van der Waals surface area contributed by atoms with Crippen molar-refractivity contribution in [3.63, 3.8) is 0 Å². The number of furan rings is 1. The average Bonchev–Trinajstić information content (AvgIpc) is 3.19. The van der Waals surface area contributed by atoms with Gasteiger partial charge < -0.3 is 9.73 Å². The molecule has 0 aliphatic carbocycles. The first-order chi connectivity index (χ1) is 11.6. The summed E-state index contributed by atoms with van der Waals surface area (Å²) in [5, 5.41) is 4.48. The minimum absolute atomic E-state index is 0.158. The summed E-state index contributed by atoms with van der Waals surface area (Å²) >= 11 is 1.03. The molecule has 24 heavy (non-hydrogen) atoms. The van der Waals surface area contributed by atoms with Crippen molar-refractivity contribution in [2.24, 2.45) is 0 Å². The molecule has 1 aromatic carbocycles. The van der Waals surface area contributed by atoms with E-state index in [1.165, 1.54) is 12.5 Å². The second-order valence-corrected chi connectivity index (χ2v) is 6.60. The zero-order valence-corrected chi connectivity index (χ0v) is 13.6. The molecule has 1 aromatic heterocycles. The Hall–Kier alpha value is -2.54. The molecular formula is C17H16N2O4S. The van der Waals surface area contributed by atoms with E-state index in [0.717, 1.165) is 22.9 Å². The van der Waals surface area contributed by atoms with Gasteiger partial charge in [0.25, 0.3) is 11.1 Å². The van der Waals surface area contributed by atoms with Crippen LogP contribution in [0, 0.1) is 0 Å². The van der Waals surface area contributed by atoms with Crippen LogP contribution >= 0.6 is 11.8 Å². The lowest BCUT2D eigenvalue weighted by molar-refractivity contribution is -0.118. The Balaban J connectivity index is 1.47. The normalized spacial score (nSPS) is 16.9. The number of rotatable bonds is 6. The Kier molecular flexibility index (Phi) is 5.00. The van der Waals surface area contributed by atoms with E-state index in [2.05, 4.69) is 10.6 Å². The van der Waals surface area contributed by atoms with Crippen LogP contribution in [0.4, 0.5) is 4.79 Å². The molecule has 3 rings (SSSR count). The Labute approximate surface area is 143 Å². The SMILES string of the molecule is O=C1NC(=O)[C@@H](Cc2ccc(CCNC(=O)c3ccoc3)cc2)S1. The molecule has 0 spiro atoms. The first kappa shape index (κ1) is 16.3. The zero-order valence-electron chi connectivity index (χ0n) is 12.8. The second kappa shape index (κ2) is 7.35. The van der Waals surface area contributed by atoms with Crippen molar-refractivity contribution in [3.8, 4) is 0 Å². The molecule has 124 valence electrons. The van der Waals surface area contributed by atoms with Crippen LogP contribution in [-0.4, -0.2) is 28.8 Å². The van der Waals surface area contributed by atoms with Gasteiger partial charge in [0.2, 0.25) is 5.91 Å². The number of hydrogen-bond acceptors (Lipinski definition) is 5. The van der Waals surface area contributed by atoms with Crippen molar-refractivity contribution in [2.45, 2.75) is 18.1 Å². The third kappa shape index (κ3) is 4.05. The van der Waals surface area contributed by atoms with Gasteiger partial charge in [-0.1, -0.05) is 36.0 Å². The molecule has 0 unspecified atom stereocenters. The minimum Gasteiger partial charge on any atom is -0.472 e. The van der Waals surface area contributed by atoms with E-state index in [1.54, 1.807) is 6.07 Å². The minimum atomic E-state index is -0.349. The fraction of sp³-hybridized carbons (Fsp3) is 0.235. The quantitative estimate of drug-likeness (QED) is 0.838. The molecule has 1 aliphatic rings. The fourth-order valence-electron chi connectivity index (χ4n) is 2.40. The van der Waals surface area contributed by atoms with E-state index < -0.39 is 0 Å². The van der Waals surface area contributed by atoms with E-state index in [0.29, 0.717) is 24.9 Å². The number of hydrogen-bond donors (Lipinski definition) is 2. The molecule has 1 atom stereocenters. The van der Waals surface area contributed by atoms with Gasteiger partial charge in [0, 0.05) is 6.54 Å². The second-order valence-electron chi connectivity index (χ2n) is 5.42. The van der Waals surface area contributed by atoms with Gasteiger partial charge in [-0.05, 0) is 30.0 Å². The number of amides is 3. The Morgan fingerprint density at radius 1 is 1.17 bits per heavy atom. The molecule has 2 aromatic rings.